The fourth-order valence-corrected chi connectivity index (χ4v) is 2.73. The predicted molar refractivity (Wildman–Crippen MR) is 65.9 cm³/mol. The van der Waals surface area contributed by atoms with E-state index in [2.05, 4.69) is 0 Å². The lowest BCUT2D eigenvalue weighted by molar-refractivity contribution is 0.0693. The number of rotatable bonds is 2. The number of carbonyl (C=O) groups is 1. The number of carboxylic acid groups (broad SMARTS) is 1. The molecule has 0 atom stereocenters. The van der Waals surface area contributed by atoms with Crippen molar-refractivity contribution in [1.29, 1.82) is 0 Å². The van der Waals surface area contributed by atoms with E-state index in [-0.39, 0.29) is 5.56 Å². The summed E-state index contributed by atoms with van der Waals surface area (Å²) >= 11 is 1.60. The van der Waals surface area contributed by atoms with Gasteiger partial charge in [-0.05, 0) is 45.6 Å². The first-order valence-electron chi connectivity index (χ1n) is 5.31. The zero-order valence-corrected chi connectivity index (χ0v) is 9.79. The standard InChI is InChI=1S/C13H10O3S/c14-13(15)11-6-10(9-2-4-17-7-9)5-8-1-3-16-12(8)11/h2,4-7H,1,3H2,(H,14,15). The zero-order valence-electron chi connectivity index (χ0n) is 8.97. The van der Waals surface area contributed by atoms with Gasteiger partial charge in [0.2, 0.25) is 0 Å². The first-order valence-corrected chi connectivity index (χ1v) is 6.25. The van der Waals surface area contributed by atoms with E-state index in [1.165, 1.54) is 0 Å². The van der Waals surface area contributed by atoms with Gasteiger partial charge in [0.1, 0.15) is 11.3 Å². The highest BCUT2D eigenvalue weighted by Gasteiger charge is 2.22. The Kier molecular flexibility index (Phi) is 2.37. The van der Waals surface area contributed by atoms with E-state index in [4.69, 9.17) is 4.74 Å². The Labute approximate surface area is 102 Å². The van der Waals surface area contributed by atoms with Crippen molar-refractivity contribution in [2.45, 2.75) is 6.42 Å². The minimum absolute atomic E-state index is 0.265. The topological polar surface area (TPSA) is 46.5 Å². The molecule has 2 heterocycles. The van der Waals surface area contributed by atoms with Crippen molar-refractivity contribution in [2.24, 2.45) is 0 Å². The molecule has 0 amide bonds. The monoisotopic (exact) mass is 246 g/mol. The highest BCUT2D eigenvalue weighted by Crippen LogP contribution is 2.35. The number of thiophene rings is 1. The average molecular weight is 246 g/mol. The Bertz CT molecular complexity index is 573. The van der Waals surface area contributed by atoms with Crippen LogP contribution < -0.4 is 4.74 Å². The fourth-order valence-electron chi connectivity index (χ4n) is 2.06. The van der Waals surface area contributed by atoms with Crippen LogP contribution >= 0.6 is 11.3 Å². The van der Waals surface area contributed by atoms with E-state index in [0.29, 0.717) is 12.4 Å². The van der Waals surface area contributed by atoms with Crippen molar-refractivity contribution < 1.29 is 14.6 Å². The third kappa shape index (κ3) is 1.70. The third-order valence-electron chi connectivity index (χ3n) is 2.87. The lowest BCUT2D eigenvalue weighted by Crippen LogP contribution is -2.00. The van der Waals surface area contributed by atoms with Crippen molar-refractivity contribution in [3.8, 4) is 16.9 Å². The van der Waals surface area contributed by atoms with Crippen LogP contribution in [0.2, 0.25) is 0 Å². The normalized spacial score (nSPS) is 13.2. The molecule has 86 valence electrons. The first-order chi connectivity index (χ1) is 8.25. The largest absolute Gasteiger partial charge is 0.492 e. The van der Waals surface area contributed by atoms with Crippen molar-refractivity contribution in [1.82, 2.24) is 0 Å². The van der Waals surface area contributed by atoms with Gasteiger partial charge >= 0.3 is 5.97 Å². The third-order valence-corrected chi connectivity index (χ3v) is 3.55. The van der Waals surface area contributed by atoms with Crippen LogP contribution in [0.4, 0.5) is 0 Å². The molecule has 1 N–H and O–H groups in total. The molecule has 0 spiro atoms. The summed E-state index contributed by atoms with van der Waals surface area (Å²) in [6.07, 6.45) is 0.785. The minimum atomic E-state index is -0.930. The molecular formula is C13H10O3S. The lowest BCUT2D eigenvalue weighted by atomic mass is 10.00. The van der Waals surface area contributed by atoms with Gasteiger partial charge in [-0.3, -0.25) is 0 Å². The number of hydrogen-bond donors (Lipinski definition) is 1. The molecule has 0 aliphatic carbocycles. The van der Waals surface area contributed by atoms with Crippen LogP contribution in [-0.4, -0.2) is 17.7 Å². The summed E-state index contributed by atoms with van der Waals surface area (Å²) in [5.41, 5.74) is 3.27. The molecule has 0 saturated heterocycles. The fraction of sp³-hybridized carbons (Fsp3) is 0.154. The summed E-state index contributed by atoms with van der Waals surface area (Å²) in [5, 5.41) is 13.2. The average Bonchev–Trinajstić information content (AvgIpc) is 2.98. The molecule has 0 unspecified atom stereocenters. The Morgan fingerprint density at radius 1 is 1.35 bits per heavy atom. The van der Waals surface area contributed by atoms with Crippen molar-refractivity contribution in [3.63, 3.8) is 0 Å². The van der Waals surface area contributed by atoms with Crippen molar-refractivity contribution >= 4 is 17.3 Å². The van der Waals surface area contributed by atoms with Gasteiger partial charge < -0.3 is 9.84 Å². The second kappa shape index (κ2) is 3.89. The molecule has 1 aromatic carbocycles. The minimum Gasteiger partial charge on any atom is -0.492 e. The van der Waals surface area contributed by atoms with E-state index >= 15 is 0 Å². The van der Waals surface area contributed by atoms with Crippen LogP contribution in [0, 0.1) is 0 Å². The van der Waals surface area contributed by atoms with Gasteiger partial charge in [-0.1, -0.05) is 0 Å². The highest BCUT2D eigenvalue weighted by atomic mass is 32.1. The predicted octanol–water partition coefficient (Wildman–Crippen LogP) is 3.05. The first kappa shape index (κ1) is 10.4. The second-order valence-corrected chi connectivity index (χ2v) is 4.71. The maximum atomic E-state index is 11.2. The molecule has 3 rings (SSSR count). The van der Waals surface area contributed by atoms with Crippen LogP contribution in [-0.2, 0) is 6.42 Å². The molecule has 17 heavy (non-hydrogen) atoms. The van der Waals surface area contributed by atoms with Crippen molar-refractivity contribution in [3.05, 3.63) is 40.1 Å². The Morgan fingerprint density at radius 2 is 2.24 bits per heavy atom. The summed E-state index contributed by atoms with van der Waals surface area (Å²) in [7, 11) is 0. The smallest absolute Gasteiger partial charge is 0.339 e. The molecule has 3 nitrogen and oxygen atoms in total. The number of carboxylic acids is 1. The van der Waals surface area contributed by atoms with Crippen LogP contribution in [0.5, 0.6) is 5.75 Å². The zero-order chi connectivity index (χ0) is 11.8. The second-order valence-electron chi connectivity index (χ2n) is 3.93. The molecule has 0 saturated carbocycles. The molecule has 0 fully saturated rings. The van der Waals surface area contributed by atoms with Gasteiger partial charge in [0.05, 0.1) is 6.61 Å². The van der Waals surface area contributed by atoms with Crippen LogP contribution in [0.15, 0.2) is 29.0 Å². The van der Waals surface area contributed by atoms with Gasteiger partial charge in [0.25, 0.3) is 0 Å². The Morgan fingerprint density at radius 3 is 2.94 bits per heavy atom. The van der Waals surface area contributed by atoms with E-state index in [9.17, 15) is 9.90 Å². The number of fused-ring (bicyclic) bond motifs is 1. The number of ether oxygens (including phenoxy) is 1. The van der Waals surface area contributed by atoms with E-state index in [1.807, 2.05) is 22.9 Å². The lowest BCUT2D eigenvalue weighted by Gasteiger charge is -2.07. The molecule has 0 radical (unpaired) electrons. The summed E-state index contributed by atoms with van der Waals surface area (Å²) in [6, 6.07) is 5.71. The van der Waals surface area contributed by atoms with Crippen LogP contribution in [0.3, 0.4) is 0 Å². The van der Waals surface area contributed by atoms with E-state index in [1.54, 1.807) is 17.4 Å². The van der Waals surface area contributed by atoms with Gasteiger partial charge in [-0.25, -0.2) is 4.79 Å². The van der Waals surface area contributed by atoms with Crippen LogP contribution in [0.25, 0.3) is 11.1 Å². The highest BCUT2D eigenvalue weighted by molar-refractivity contribution is 7.08. The Balaban J connectivity index is 2.20. The van der Waals surface area contributed by atoms with Crippen LogP contribution in [0.1, 0.15) is 15.9 Å². The maximum Gasteiger partial charge on any atom is 0.339 e. The molecular weight excluding hydrogens is 236 g/mol. The SMILES string of the molecule is O=C(O)c1cc(-c2ccsc2)cc2c1OCC2. The van der Waals surface area contributed by atoms with Gasteiger partial charge in [-0.2, -0.15) is 11.3 Å². The number of aromatic carboxylic acids is 1. The van der Waals surface area contributed by atoms with Gasteiger partial charge in [0, 0.05) is 6.42 Å². The summed E-state index contributed by atoms with van der Waals surface area (Å²) in [5.74, 6) is -0.392. The van der Waals surface area contributed by atoms with Gasteiger partial charge in [-0.15, -0.1) is 0 Å². The number of hydrogen-bond acceptors (Lipinski definition) is 3. The molecule has 1 aromatic heterocycles. The summed E-state index contributed by atoms with van der Waals surface area (Å²) in [4.78, 5) is 11.2. The molecule has 4 heteroatoms. The molecule has 0 bridgehead atoms. The van der Waals surface area contributed by atoms with Gasteiger partial charge in [0.15, 0.2) is 0 Å². The summed E-state index contributed by atoms with van der Waals surface area (Å²) in [6.45, 7) is 0.572. The summed E-state index contributed by atoms with van der Waals surface area (Å²) < 4.78 is 5.39. The molecule has 2 aromatic rings. The van der Waals surface area contributed by atoms with E-state index < -0.39 is 5.97 Å². The van der Waals surface area contributed by atoms with Crippen molar-refractivity contribution in [2.75, 3.05) is 6.61 Å². The maximum absolute atomic E-state index is 11.2. The van der Waals surface area contributed by atoms with E-state index in [0.717, 1.165) is 23.1 Å². The quantitative estimate of drug-likeness (QED) is 0.885. The Hall–Kier alpha value is -1.81. The molecule has 1 aliphatic heterocycles. The molecule has 1 aliphatic rings. The number of benzene rings is 1.